The molecule has 32 heavy (non-hydrogen) atoms. The van der Waals surface area contributed by atoms with Crippen molar-refractivity contribution in [3.8, 4) is 5.75 Å². The number of imide groups is 1. The van der Waals surface area contributed by atoms with Gasteiger partial charge < -0.3 is 10.1 Å². The van der Waals surface area contributed by atoms with Crippen LogP contribution in [0.3, 0.4) is 0 Å². The van der Waals surface area contributed by atoms with Gasteiger partial charge in [-0.2, -0.15) is 0 Å². The lowest BCUT2D eigenvalue weighted by Crippen LogP contribution is -2.32. The molecule has 162 valence electrons. The minimum Gasteiger partial charge on any atom is -0.494 e. The molecule has 0 radical (unpaired) electrons. The van der Waals surface area contributed by atoms with Gasteiger partial charge in [0, 0.05) is 5.69 Å². The van der Waals surface area contributed by atoms with Crippen molar-refractivity contribution in [2.24, 2.45) is 0 Å². The molecule has 0 aliphatic carbocycles. The van der Waals surface area contributed by atoms with E-state index in [1.165, 1.54) is 24.3 Å². The van der Waals surface area contributed by atoms with E-state index in [-0.39, 0.29) is 17.1 Å². The van der Waals surface area contributed by atoms with E-state index in [0.717, 1.165) is 16.0 Å². The molecular weight excluding hydrogens is 407 g/mol. The Kier molecular flexibility index (Phi) is 5.77. The molecule has 0 atom stereocenters. The van der Waals surface area contributed by atoms with Gasteiger partial charge in [0.1, 0.15) is 17.3 Å². The molecule has 1 aliphatic rings. The molecule has 1 aliphatic heterocycles. The van der Waals surface area contributed by atoms with Crippen molar-refractivity contribution in [2.45, 2.75) is 20.8 Å². The number of benzene rings is 3. The van der Waals surface area contributed by atoms with Crippen molar-refractivity contribution in [1.82, 2.24) is 0 Å². The van der Waals surface area contributed by atoms with Gasteiger partial charge in [0.2, 0.25) is 0 Å². The maximum absolute atomic E-state index is 13.5. The topological polar surface area (TPSA) is 58.6 Å². The zero-order valence-electron chi connectivity index (χ0n) is 18.1. The minimum atomic E-state index is -0.475. The van der Waals surface area contributed by atoms with Crippen LogP contribution >= 0.6 is 0 Å². The number of nitrogens with zero attached hydrogens (tertiary/aromatic N) is 1. The van der Waals surface area contributed by atoms with Gasteiger partial charge >= 0.3 is 0 Å². The Bertz CT molecular complexity index is 1210. The second-order valence-corrected chi connectivity index (χ2v) is 7.55. The molecule has 0 fully saturated rings. The first-order valence-electron chi connectivity index (χ1n) is 10.3. The Balaban J connectivity index is 1.78. The van der Waals surface area contributed by atoms with Gasteiger partial charge in [-0.15, -0.1) is 0 Å². The first kappa shape index (κ1) is 21.3. The lowest BCUT2D eigenvalue weighted by molar-refractivity contribution is -0.120. The van der Waals surface area contributed by atoms with Crippen LogP contribution in [0, 0.1) is 19.7 Å². The molecular formula is C26H23FN2O3. The fourth-order valence-corrected chi connectivity index (χ4v) is 3.58. The monoisotopic (exact) mass is 430 g/mol. The Morgan fingerprint density at radius 2 is 1.56 bits per heavy atom. The molecule has 3 aromatic carbocycles. The highest BCUT2D eigenvalue weighted by Crippen LogP contribution is 2.35. The third kappa shape index (κ3) is 3.99. The smallest absolute Gasteiger partial charge is 0.282 e. The maximum atomic E-state index is 13.5. The molecule has 0 bridgehead atoms. The van der Waals surface area contributed by atoms with Gasteiger partial charge in [-0.25, -0.2) is 9.29 Å². The molecule has 0 saturated heterocycles. The highest BCUT2D eigenvalue weighted by atomic mass is 19.1. The predicted molar refractivity (Wildman–Crippen MR) is 123 cm³/mol. The van der Waals surface area contributed by atoms with Crippen molar-refractivity contribution in [1.29, 1.82) is 0 Å². The Morgan fingerprint density at radius 1 is 0.875 bits per heavy atom. The highest BCUT2D eigenvalue weighted by molar-refractivity contribution is 6.46. The zero-order valence-corrected chi connectivity index (χ0v) is 18.1. The molecule has 1 N–H and O–H groups in total. The summed E-state index contributed by atoms with van der Waals surface area (Å²) in [6.45, 7) is 6.34. The quantitative estimate of drug-likeness (QED) is 0.544. The average molecular weight is 430 g/mol. The summed E-state index contributed by atoms with van der Waals surface area (Å²) in [7, 11) is 0. The van der Waals surface area contributed by atoms with Crippen molar-refractivity contribution in [3.63, 3.8) is 0 Å². The van der Waals surface area contributed by atoms with Gasteiger partial charge in [0.25, 0.3) is 11.8 Å². The van der Waals surface area contributed by atoms with Gasteiger partial charge in [0.05, 0.1) is 17.9 Å². The summed E-state index contributed by atoms with van der Waals surface area (Å²) in [5.41, 5.74) is 4.12. The van der Waals surface area contributed by atoms with Crippen LogP contribution in [-0.2, 0) is 9.59 Å². The van der Waals surface area contributed by atoms with Crippen molar-refractivity contribution in [3.05, 3.63) is 94.9 Å². The van der Waals surface area contributed by atoms with Crippen molar-refractivity contribution < 1.29 is 18.7 Å². The highest BCUT2D eigenvalue weighted by Gasteiger charge is 2.40. The van der Waals surface area contributed by atoms with Crippen molar-refractivity contribution in [2.75, 3.05) is 16.8 Å². The number of rotatable bonds is 6. The standard InChI is InChI=1S/C26H23FN2O3/c1-4-32-22-13-11-21(12-14-22)29-25(30)23(18-6-5-16(2)17(3)15-18)24(26(29)31)28-20-9-7-19(27)8-10-20/h5-15,28H,4H2,1-3H3. The van der Waals surface area contributed by atoms with Crippen LogP contribution in [0.2, 0.25) is 0 Å². The van der Waals surface area contributed by atoms with Gasteiger partial charge in [0.15, 0.2) is 0 Å². The molecule has 0 spiro atoms. The van der Waals surface area contributed by atoms with E-state index in [9.17, 15) is 14.0 Å². The first-order valence-corrected chi connectivity index (χ1v) is 10.3. The lowest BCUT2D eigenvalue weighted by Gasteiger charge is -2.16. The summed E-state index contributed by atoms with van der Waals surface area (Å²) >= 11 is 0. The maximum Gasteiger partial charge on any atom is 0.282 e. The zero-order chi connectivity index (χ0) is 22.8. The Labute approximate surface area is 186 Å². The number of amides is 2. The van der Waals surface area contributed by atoms with E-state index in [1.807, 2.05) is 39.0 Å². The third-order valence-corrected chi connectivity index (χ3v) is 5.40. The van der Waals surface area contributed by atoms with Crippen molar-refractivity contribution >= 4 is 28.8 Å². The number of aryl methyl sites for hydroxylation is 2. The molecule has 3 aromatic rings. The van der Waals surface area contributed by atoms with Gasteiger partial charge in [-0.3, -0.25) is 9.59 Å². The molecule has 0 saturated carbocycles. The van der Waals surface area contributed by atoms with Gasteiger partial charge in [-0.1, -0.05) is 18.2 Å². The third-order valence-electron chi connectivity index (χ3n) is 5.40. The second kappa shape index (κ2) is 8.67. The number of carbonyl (C=O) groups is 2. The summed E-state index contributed by atoms with van der Waals surface area (Å²) in [6.07, 6.45) is 0. The summed E-state index contributed by atoms with van der Waals surface area (Å²) in [4.78, 5) is 28.1. The molecule has 1 heterocycles. The lowest BCUT2D eigenvalue weighted by atomic mass is 9.99. The Morgan fingerprint density at radius 3 is 2.19 bits per heavy atom. The fraction of sp³-hybridized carbons (Fsp3) is 0.154. The van der Waals surface area contributed by atoms with E-state index in [0.29, 0.717) is 29.3 Å². The molecule has 2 amide bonds. The van der Waals surface area contributed by atoms with E-state index < -0.39 is 11.8 Å². The van der Waals surface area contributed by atoms with Crippen LogP contribution in [0.25, 0.3) is 5.57 Å². The van der Waals surface area contributed by atoms with Crippen LogP contribution in [0.4, 0.5) is 15.8 Å². The van der Waals surface area contributed by atoms with Gasteiger partial charge in [-0.05, 0) is 86.0 Å². The molecule has 6 heteroatoms. The van der Waals surface area contributed by atoms with Crippen LogP contribution in [0.5, 0.6) is 5.75 Å². The van der Waals surface area contributed by atoms with Crippen LogP contribution in [-0.4, -0.2) is 18.4 Å². The second-order valence-electron chi connectivity index (χ2n) is 7.55. The van der Waals surface area contributed by atoms with Crippen LogP contribution < -0.4 is 15.0 Å². The number of ether oxygens (including phenoxy) is 1. The number of anilines is 2. The number of nitrogens with one attached hydrogen (secondary N) is 1. The average Bonchev–Trinajstić information content (AvgIpc) is 3.02. The Hall–Kier alpha value is -3.93. The van der Waals surface area contributed by atoms with E-state index in [1.54, 1.807) is 24.3 Å². The van der Waals surface area contributed by atoms with E-state index in [2.05, 4.69) is 5.32 Å². The normalized spacial score (nSPS) is 13.7. The number of halogens is 1. The number of hydrogen-bond acceptors (Lipinski definition) is 4. The summed E-state index contributed by atoms with van der Waals surface area (Å²) in [6, 6.07) is 18.1. The largest absolute Gasteiger partial charge is 0.494 e. The first-order chi connectivity index (χ1) is 15.4. The predicted octanol–water partition coefficient (Wildman–Crippen LogP) is 5.24. The summed E-state index contributed by atoms with van der Waals surface area (Å²) < 4.78 is 18.8. The van der Waals surface area contributed by atoms with E-state index >= 15 is 0 Å². The van der Waals surface area contributed by atoms with Crippen LogP contribution in [0.15, 0.2) is 72.4 Å². The minimum absolute atomic E-state index is 0.152. The fourth-order valence-electron chi connectivity index (χ4n) is 3.58. The summed E-state index contributed by atoms with van der Waals surface area (Å²) in [5.74, 6) is -0.630. The summed E-state index contributed by atoms with van der Waals surface area (Å²) in [5, 5.41) is 3.04. The molecule has 5 nitrogen and oxygen atoms in total. The number of carbonyl (C=O) groups excluding carboxylic acids is 2. The molecule has 4 rings (SSSR count). The van der Waals surface area contributed by atoms with Crippen LogP contribution in [0.1, 0.15) is 23.6 Å². The molecule has 0 aromatic heterocycles. The number of hydrogen-bond donors (Lipinski definition) is 1. The van der Waals surface area contributed by atoms with E-state index in [4.69, 9.17) is 4.74 Å². The molecule has 0 unspecified atom stereocenters. The SMILES string of the molecule is CCOc1ccc(N2C(=O)C(Nc3ccc(F)cc3)=C(c3ccc(C)c(C)c3)C2=O)cc1.